The standard InChI is InChI=1S/C15H14ClNO/c16-13-9-11(6-8-15(13)18)17-14-7-5-10-3-1-2-4-12(10)14/h1-4,6,8-9,14,17-18H,5,7H2. The van der Waals surface area contributed by atoms with Crippen LogP contribution in [0.15, 0.2) is 42.5 Å². The average molecular weight is 260 g/mol. The molecule has 0 radical (unpaired) electrons. The molecule has 0 heterocycles. The van der Waals surface area contributed by atoms with Gasteiger partial charge in [0.2, 0.25) is 0 Å². The van der Waals surface area contributed by atoms with E-state index in [1.165, 1.54) is 11.1 Å². The van der Waals surface area contributed by atoms with Gasteiger partial charge in [0.1, 0.15) is 5.75 Å². The molecule has 2 N–H and O–H groups in total. The van der Waals surface area contributed by atoms with Crippen molar-refractivity contribution in [1.82, 2.24) is 0 Å². The van der Waals surface area contributed by atoms with Crippen molar-refractivity contribution in [2.45, 2.75) is 18.9 Å². The molecule has 1 atom stereocenters. The van der Waals surface area contributed by atoms with Crippen molar-refractivity contribution in [3.05, 3.63) is 58.6 Å². The van der Waals surface area contributed by atoms with Gasteiger partial charge < -0.3 is 10.4 Å². The molecule has 1 aliphatic rings. The predicted octanol–water partition coefficient (Wildman–Crippen LogP) is 4.15. The van der Waals surface area contributed by atoms with Gasteiger partial charge in [-0.3, -0.25) is 0 Å². The molecule has 0 aromatic heterocycles. The highest BCUT2D eigenvalue weighted by Gasteiger charge is 2.21. The lowest BCUT2D eigenvalue weighted by Crippen LogP contribution is -2.06. The maximum absolute atomic E-state index is 9.40. The Labute approximate surface area is 111 Å². The Balaban J connectivity index is 1.84. The van der Waals surface area contributed by atoms with Gasteiger partial charge >= 0.3 is 0 Å². The van der Waals surface area contributed by atoms with E-state index < -0.39 is 0 Å². The van der Waals surface area contributed by atoms with Gasteiger partial charge in [-0.05, 0) is 42.2 Å². The van der Waals surface area contributed by atoms with Gasteiger partial charge in [0.15, 0.2) is 0 Å². The van der Waals surface area contributed by atoms with Gasteiger partial charge in [-0.25, -0.2) is 0 Å². The summed E-state index contributed by atoms with van der Waals surface area (Å²) in [6, 6.07) is 14.1. The Morgan fingerprint density at radius 3 is 2.83 bits per heavy atom. The second kappa shape index (κ2) is 4.54. The summed E-state index contributed by atoms with van der Waals surface area (Å²) in [5.74, 6) is 0.119. The zero-order valence-corrected chi connectivity index (χ0v) is 10.6. The fraction of sp³-hybridized carbons (Fsp3) is 0.200. The SMILES string of the molecule is Oc1ccc(NC2CCc3ccccc32)cc1Cl. The Morgan fingerprint density at radius 1 is 1.17 bits per heavy atom. The molecule has 92 valence electrons. The van der Waals surface area contributed by atoms with E-state index in [-0.39, 0.29) is 5.75 Å². The van der Waals surface area contributed by atoms with E-state index in [1.54, 1.807) is 12.1 Å². The molecule has 1 aliphatic carbocycles. The summed E-state index contributed by atoms with van der Waals surface area (Å²) in [6.07, 6.45) is 2.21. The van der Waals surface area contributed by atoms with E-state index in [2.05, 4.69) is 29.6 Å². The topological polar surface area (TPSA) is 32.3 Å². The smallest absolute Gasteiger partial charge is 0.134 e. The second-order valence-electron chi connectivity index (χ2n) is 4.60. The van der Waals surface area contributed by atoms with Crippen molar-refractivity contribution in [3.63, 3.8) is 0 Å². The molecule has 0 spiro atoms. The molecular weight excluding hydrogens is 246 g/mol. The van der Waals surface area contributed by atoms with Crippen LogP contribution in [0.25, 0.3) is 0 Å². The minimum absolute atomic E-state index is 0.119. The monoisotopic (exact) mass is 259 g/mol. The van der Waals surface area contributed by atoms with E-state index >= 15 is 0 Å². The van der Waals surface area contributed by atoms with Gasteiger partial charge in [0, 0.05) is 5.69 Å². The Morgan fingerprint density at radius 2 is 2.00 bits per heavy atom. The summed E-state index contributed by atoms with van der Waals surface area (Å²) in [4.78, 5) is 0. The van der Waals surface area contributed by atoms with Crippen LogP contribution in [0, 0.1) is 0 Å². The van der Waals surface area contributed by atoms with Gasteiger partial charge in [-0.1, -0.05) is 35.9 Å². The second-order valence-corrected chi connectivity index (χ2v) is 5.01. The molecule has 2 nitrogen and oxygen atoms in total. The van der Waals surface area contributed by atoms with Gasteiger partial charge in [0.05, 0.1) is 11.1 Å². The van der Waals surface area contributed by atoms with Crippen molar-refractivity contribution < 1.29 is 5.11 Å². The van der Waals surface area contributed by atoms with E-state index in [4.69, 9.17) is 11.6 Å². The summed E-state index contributed by atoms with van der Waals surface area (Å²) in [7, 11) is 0. The first kappa shape index (κ1) is 11.4. The van der Waals surface area contributed by atoms with Crippen LogP contribution in [0.3, 0.4) is 0 Å². The summed E-state index contributed by atoms with van der Waals surface area (Å²) in [5.41, 5.74) is 3.72. The van der Waals surface area contributed by atoms with Crippen molar-refractivity contribution >= 4 is 17.3 Å². The third kappa shape index (κ3) is 2.04. The molecule has 0 saturated heterocycles. The van der Waals surface area contributed by atoms with Crippen molar-refractivity contribution in [2.24, 2.45) is 0 Å². The number of aryl methyl sites for hydroxylation is 1. The molecule has 2 aromatic rings. The number of halogens is 1. The van der Waals surface area contributed by atoms with Crippen molar-refractivity contribution in [1.29, 1.82) is 0 Å². The van der Waals surface area contributed by atoms with Crippen LogP contribution in [0.4, 0.5) is 5.69 Å². The molecule has 0 saturated carbocycles. The number of nitrogens with one attached hydrogen (secondary N) is 1. The minimum atomic E-state index is 0.119. The van der Waals surface area contributed by atoms with Crippen molar-refractivity contribution in [3.8, 4) is 5.75 Å². The number of hydrogen-bond acceptors (Lipinski definition) is 2. The van der Waals surface area contributed by atoms with Crippen LogP contribution in [-0.4, -0.2) is 5.11 Å². The van der Waals surface area contributed by atoms with Crippen LogP contribution in [0.2, 0.25) is 5.02 Å². The summed E-state index contributed by atoms with van der Waals surface area (Å²) >= 11 is 5.91. The van der Waals surface area contributed by atoms with E-state index in [0.717, 1.165) is 18.5 Å². The van der Waals surface area contributed by atoms with E-state index in [1.807, 2.05) is 6.07 Å². The predicted molar refractivity (Wildman–Crippen MR) is 74.2 cm³/mol. The zero-order valence-electron chi connectivity index (χ0n) is 9.86. The van der Waals surface area contributed by atoms with E-state index in [0.29, 0.717) is 11.1 Å². The van der Waals surface area contributed by atoms with Gasteiger partial charge in [0.25, 0.3) is 0 Å². The number of aromatic hydroxyl groups is 1. The number of phenols is 1. The summed E-state index contributed by atoms with van der Waals surface area (Å²) in [6.45, 7) is 0. The highest BCUT2D eigenvalue weighted by atomic mass is 35.5. The van der Waals surface area contributed by atoms with Crippen LogP contribution in [0.5, 0.6) is 5.75 Å². The third-order valence-corrected chi connectivity index (χ3v) is 3.72. The maximum Gasteiger partial charge on any atom is 0.134 e. The van der Waals surface area contributed by atoms with E-state index in [9.17, 15) is 5.11 Å². The minimum Gasteiger partial charge on any atom is -0.506 e. The Bertz CT molecular complexity index is 582. The van der Waals surface area contributed by atoms with Crippen LogP contribution in [0.1, 0.15) is 23.6 Å². The number of anilines is 1. The molecule has 18 heavy (non-hydrogen) atoms. The highest BCUT2D eigenvalue weighted by Crippen LogP contribution is 2.35. The first-order chi connectivity index (χ1) is 8.74. The molecule has 0 bridgehead atoms. The molecule has 0 aliphatic heterocycles. The molecule has 3 heteroatoms. The molecular formula is C15H14ClNO. The largest absolute Gasteiger partial charge is 0.506 e. The van der Waals surface area contributed by atoms with Crippen LogP contribution >= 0.6 is 11.6 Å². The first-order valence-corrected chi connectivity index (χ1v) is 6.45. The quantitative estimate of drug-likeness (QED) is 0.795. The molecule has 0 fully saturated rings. The zero-order chi connectivity index (χ0) is 12.5. The number of hydrogen-bond donors (Lipinski definition) is 2. The average Bonchev–Trinajstić information content (AvgIpc) is 2.78. The number of fused-ring (bicyclic) bond motifs is 1. The normalized spacial score (nSPS) is 17.5. The number of phenolic OH excluding ortho intramolecular Hbond substituents is 1. The van der Waals surface area contributed by atoms with Gasteiger partial charge in [-0.2, -0.15) is 0 Å². The number of benzene rings is 2. The molecule has 1 unspecified atom stereocenters. The lowest BCUT2D eigenvalue weighted by Gasteiger charge is -2.16. The molecule has 2 aromatic carbocycles. The highest BCUT2D eigenvalue weighted by molar-refractivity contribution is 6.32. The van der Waals surface area contributed by atoms with Crippen molar-refractivity contribution in [2.75, 3.05) is 5.32 Å². The van der Waals surface area contributed by atoms with Gasteiger partial charge in [-0.15, -0.1) is 0 Å². The summed E-state index contributed by atoms with van der Waals surface area (Å²) in [5, 5.41) is 13.3. The Kier molecular flexibility index (Phi) is 2.88. The fourth-order valence-corrected chi connectivity index (χ4v) is 2.69. The number of rotatable bonds is 2. The summed E-state index contributed by atoms with van der Waals surface area (Å²) < 4.78 is 0. The molecule has 3 rings (SSSR count). The van der Waals surface area contributed by atoms with Crippen LogP contribution < -0.4 is 5.32 Å². The van der Waals surface area contributed by atoms with Crippen LogP contribution in [-0.2, 0) is 6.42 Å². The lowest BCUT2D eigenvalue weighted by atomic mass is 10.1. The third-order valence-electron chi connectivity index (χ3n) is 3.42. The molecule has 0 amide bonds. The fourth-order valence-electron chi connectivity index (χ4n) is 2.50. The lowest BCUT2D eigenvalue weighted by molar-refractivity contribution is 0.475. The first-order valence-electron chi connectivity index (χ1n) is 6.07. The Hall–Kier alpha value is -1.67. The maximum atomic E-state index is 9.40.